The Morgan fingerprint density at radius 2 is 2.10 bits per heavy atom. The van der Waals surface area contributed by atoms with E-state index < -0.39 is 0 Å². The van der Waals surface area contributed by atoms with Crippen LogP contribution in [0.15, 0.2) is 0 Å². The van der Waals surface area contributed by atoms with Crippen molar-refractivity contribution in [3.8, 4) is 0 Å². The maximum atomic E-state index is 4.31. The van der Waals surface area contributed by atoms with E-state index in [4.69, 9.17) is 0 Å². The number of nitrogens with zero attached hydrogens (tertiary/aromatic N) is 4. The molecule has 0 aromatic carbocycles. The molecule has 1 aliphatic heterocycles. The molecule has 20 heavy (non-hydrogen) atoms. The number of aromatic nitrogens is 3. The first-order chi connectivity index (χ1) is 9.68. The van der Waals surface area contributed by atoms with E-state index in [2.05, 4.69) is 45.9 Å². The third kappa shape index (κ3) is 4.28. The monoisotopic (exact) mass is 279 g/mol. The normalized spacial score (nSPS) is 15.1. The third-order valence-electron chi connectivity index (χ3n) is 4.22. The second kappa shape index (κ2) is 7.74. The van der Waals surface area contributed by atoms with Crippen molar-refractivity contribution in [2.75, 3.05) is 20.1 Å². The third-order valence-corrected chi connectivity index (χ3v) is 4.22. The van der Waals surface area contributed by atoms with Crippen molar-refractivity contribution in [2.45, 2.75) is 65.1 Å². The van der Waals surface area contributed by atoms with Crippen LogP contribution in [0.1, 0.15) is 51.2 Å². The molecule has 0 saturated carbocycles. The molecule has 1 N–H and O–H groups in total. The minimum Gasteiger partial charge on any atom is -0.314 e. The smallest absolute Gasteiger partial charge is 0.147 e. The lowest BCUT2D eigenvalue weighted by Gasteiger charge is -2.20. The number of rotatable bonds is 8. The van der Waals surface area contributed by atoms with Gasteiger partial charge in [0.05, 0.1) is 6.54 Å². The summed E-state index contributed by atoms with van der Waals surface area (Å²) in [5, 5.41) is 12.1. The fourth-order valence-corrected chi connectivity index (χ4v) is 2.57. The largest absolute Gasteiger partial charge is 0.314 e. The average molecular weight is 279 g/mol. The Labute approximate surface area is 122 Å². The molecule has 2 rings (SSSR count). The van der Waals surface area contributed by atoms with Crippen LogP contribution >= 0.6 is 0 Å². The lowest BCUT2D eigenvalue weighted by Crippen LogP contribution is -2.28. The average Bonchev–Trinajstić information content (AvgIpc) is 2.85. The van der Waals surface area contributed by atoms with Crippen molar-refractivity contribution in [1.82, 2.24) is 25.0 Å². The summed E-state index contributed by atoms with van der Waals surface area (Å²) in [6.07, 6.45) is 6.08. The number of unbranched alkanes of at least 4 members (excludes halogenated alkanes) is 1. The molecule has 0 amide bonds. The van der Waals surface area contributed by atoms with Gasteiger partial charge in [-0.3, -0.25) is 0 Å². The lowest BCUT2D eigenvalue weighted by molar-refractivity contribution is 0.268. The van der Waals surface area contributed by atoms with Gasteiger partial charge in [-0.2, -0.15) is 0 Å². The Balaban J connectivity index is 1.61. The summed E-state index contributed by atoms with van der Waals surface area (Å²) in [5.41, 5.74) is 0. The molecule has 1 aliphatic rings. The summed E-state index contributed by atoms with van der Waals surface area (Å²) >= 11 is 0. The van der Waals surface area contributed by atoms with Crippen LogP contribution in [-0.2, 0) is 19.5 Å². The van der Waals surface area contributed by atoms with Gasteiger partial charge in [0.1, 0.15) is 11.6 Å². The topological polar surface area (TPSA) is 46.0 Å². The maximum absolute atomic E-state index is 4.31. The summed E-state index contributed by atoms with van der Waals surface area (Å²) in [5.74, 6) is 2.28. The van der Waals surface area contributed by atoms with E-state index in [9.17, 15) is 0 Å². The molecule has 0 radical (unpaired) electrons. The molecule has 0 aliphatic carbocycles. The molecule has 0 spiro atoms. The van der Waals surface area contributed by atoms with Gasteiger partial charge >= 0.3 is 0 Å². The van der Waals surface area contributed by atoms with E-state index in [1.807, 2.05) is 0 Å². The molecule has 2 heterocycles. The zero-order chi connectivity index (χ0) is 14.4. The van der Waals surface area contributed by atoms with Crippen molar-refractivity contribution in [1.29, 1.82) is 0 Å². The zero-order valence-corrected chi connectivity index (χ0v) is 13.2. The van der Waals surface area contributed by atoms with Crippen molar-refractivity contribution in [3.05, 3.63) is 11.6 Å². The Kier molecular flexibility index (Phi) is 5.98. The Bertz CT molecular complexity index is 399. The Morgan fingerprint density at radius 3 is 2.90 bits per heavy atom. The lowest BCUT2D eigenvalue weighted by atomic mass is 10.2. The van der Waals surface area contributed by atoms with Crippen LogP contribution in [0, 0.1) is 0 Å². The first-order valence-electron chi connectivity index (χ1n) is 8.00. The van der Waals surface area contributed by atoms with Gasteiger partial charge in [-0.25, -0.2) is 0 Å². The first-order valence-corrected chi connectivity index (χ1v) is 8.00. The molecule has 5 heteroatoms. The fourth-order valence-electron chi connectivity index (χ4n) is 2.57. The van der Waals surface area contributed by atoms with Crippen LogP contribution in [0.5, 0.6) is 0 Å². The van der Waals surface area contributed by atoms with E-state index >= 15 is 0 Å². The van der Waals surface area contributed by atoms with Crippen molar-refractivity contribution >= 4 is 0 Å². The van der Waals surface area contributed by atoms with E-state index in [1.165, 1.54) is 38.1 Å². The van der Waals surface area contributed by atoms with Crippen molar-refractivity contribution < 1.29 is 0 Å². The van der Waals surface area contributed by atoms with Gasteiger partial charge < -0.3 is 14.8 Å². The number of aryl methyl sites for hydroxylation is 1. The molecule has 0 bridgehead atoms. The predicted molar refractivity (Wildman–Crippen MR) is 81.7 cm³/mol. The van der Waals surface area contributed by atoms with Gasteiger partial charge in [0, 0.05) is 19.0 Å². The summed E-state index contributed by atoms with van der Waals surface area (Å²) < 4.78 is 2.29. The summed E-state index contributed by atoms with van der Waals surface area (Å²) in [4.78, 5) is 2.40. The van der Waals surface area contributed by atoms with Gasteiger partial charge in [-0.1, -0.05) is 0 Å². The van der Waals surface area contributed by atoms with Gasteiger partial charge in [0.15, 0.2) is 0 Å². The molecule has 0 atom stereocenters. The van der Waals surface area contributed by atoms with E-state index in [-0.39, 0.29) is 0 Å². The molecule has 1 aromatic heterocycles. The van der Waals surface area contributed by atoms with Crippen LogP contribution in [0.4, 0.5) is 0 Å². The minimum absolute atomic E-state index is 0.644. The molecular formula is C15H29N5. The van der Waals surface area contributed by atoms with E-state index in [1.54, 1.807) is 0 Å². The highest BCUT2D eigenvalue weighted by molar-refractivity contribution is 4.98. The van der Waals surface area contributed by atoms with Gasteiger partial charge in [-0.05, 0) is 59.7 Å². The zero-order valence-electron chi connectivity index (χ0n) is 13.2. The summed E-state index contributed by atoms with van der Waals surface area (Å²) in [6, 6.07) is 0.644. The van der Waals surface area contributed by atoms with E-state index in [0.717, 1.165) is 31.9 Å². The van der Waals surface area contributed by atoms with Crippen LogP contribution in [0.25, 0.3) is 0 Å². The molecule has 1 aromatic rings. The Hall–Kier alpha value is -0.940. The number of fused-ring (bicyclic) bond motifs is 1. The highest BCUT2D eigenvalue weighted by atomic mass is 15.3. The van der Waals surface area contributed by atoms with Crippen LogP contribution in [0.2, 0.25) is 0 Å². The van der Waals surface area contributed by atoms with Crippen LogP contribution in [0.3, 0.4) is 0 Å². The van der Waals surface area contributed by atoms with Gasteiger partial charge in [0.25, 0.3) is 0 Å². The SMILES string of the molecule is CC(C)N(C)CCCCNCc1nnc2n1CCCC2. The molecule has 5 nitrogen and oxygen atoms in total. The standard InChI is InChI=1S/C15H29N5/c1-13(2)19(3)10-7-5-9-16-12-15-18-17-14-8-4-6-11-20(14)15/h13,16H,4-12H2,1-3H3. The molecule has 0 fully saturated rings. The number of hydrogen-bond acceptors (Lipinski definition) is 4. The maximum Gasteiger partial charge on any atom is 0.147 e. The minimum atomic E-state index is 0.644. The van der Waals surface area contributed by atoms with Crippen LogP contribution in [-0.4, -0.2) is 45.8 Å². The molecule has 0 saturated heterocycles. The fraction of sp³-hybridized carbons (Fsp3) is 0.867. The quantitative estimate of drug-likeness (QED) is 0.737. The molecular weight excluding hydrogens is 250 g/mol. The highest BCUT2D eigenvalue weighted by Gasteiger charge is 2.14. The van der Waals surface area contributed by atoms with E-state index in [0.29, 0.717) is 6.04 Å². The van der Waals surface area contributed by atoms with Crippen LogP contribution < -0.4 is 5.32 Å². The van der Waals surface area contributed by atoms with Gasteiger partial charge in [0.2, 0.25) is 0 Å². The first kappa shape index (κ1) is 15.4. The summed E-state index contributed by atoms with van der Waals surface area (Å²) in [6.45, 7) is 8.68. The number of hydrogen-bond donors (Lipinski definition) is 1. The predicted octanol–water partition coefficient (Wildman–Crippen LogP) is 1.82. The molecule has 0 unspecified atom stereocenters. The van der Waals surface area contributed by atoms with Crippen molar-refractivity contribution in [3.63, 3.8) is 0 Å². The van der Waals surface area contributed by atoms with Gasteiger partial charge in [-0.15, -0.1) is 10.2 Å². The number of nitrogens with one attached hydrogen (secondary N) is 1. The second-order valence-electron chi connectivity index (χ2n) is 6.10. The molecule has 114 valence electrons. The second-order valence-corrected chi connectivity index (χ2v) is 6.10. The summed E-state index contributed by atoms with van der Waals surface area (Å²) in [7, 11) is 2.20. The highest BCUT2D eigenvalue weighted by Crippen LogP contribution is 2.13. The Morgan fingerprint density at radius 1 is 1.25 bits per heavy atom. The van der Waals surface area contributed by atoms with Crippen molar-refractivity contribution in [2.24, 2.45) is 0 Å².